The fourth-order valence-electron chi connectivity index (χ4n) is 3.49. The van der Waals surface area contributed by atoms with Gasteiger partial charge in [0.05, 0.1) is 0 Å². The van der Waals surface area contributed by atoms with Gasteiger partial charge in [0, 0.05) is 4.47 Å². The van der Waals surface area contributed by atoms with E-state index in [4.69, 9.17) is 0 Å². The molecule has 118 valence electrons. The Labute approximate surface area is 139 Å². The Morgan fingerprint density at radius 3 is 2.38 bits per heavy atom. The van der Waals surface area contributed by atoms with Crippen LogP contribution in [0.5, 0.6) is 0 Å². The Bertz CT molecular complexity index is 393. The van der Waals surface area contributed by atoms with Gasteiger partial charge in [-0.2, -0.15) is 0 Å². The van der Waals surface area contributed by atoms with Crippen LogP contribution < -0.4 is 5.32 Å². The summed E-state index contributed by atoms with van der Waals surface area (Å²) in [5.74, 6) is 2.50. The Hall–Kier alpha value is -0.340. The molecule has 1 aliphatic rings. The zero-order valence-corrected chi connectivity index (χ0v) is 15.2. The molecular formula is C19H30BrN. The average molecular weight is 352 g/mol. The Balaban J connectivity index is 1.88. The molecule has 0 bridgehead atoms. The minimum Gasteiger partial charge on any atom is -0.316 e. The molecule has 1 aromatic carbocycles. The van der Waals surface area contributed by atoms with Gasteiger partial charge in [0.2, 0.25) is 0 Å². The predicted molar refractivity (Wildman–Crippen MR) is 95.6 cm³/mol. The van der Waals surface area contributed by atoms with E-state index in [2.05, 4.69) is 59.4 Å². The van der Waals surface area contributed by atoms with Gasteiger partial charge in [0.15, 0.2) is 0 Å². The van der Waals surface area contributed by atoms with Crippen molar-refractivity contribution in [2.75, 3.05) is 13.1 Å². The van der Waals surface area contributed by atoms with E-state index in [0.29, 0.717) is 0 Å². The molecule has 0 aromatic heterocycles. The predicted octanol–water partition coefficient (Wildman–Crippen LogP) is 5.43. The van der Waals surface area contributed by atoms with Crippen LogP contribution in [0.25, 0.3) is 0 Å². The van der Waals surface area contributed by atoms with Crippen molar-refractivity contribution in [3.05, 3.63) is 34.3 Å². The molecule has 1 aliphatic carbocycles. The smallest absolute Gasteiger partial charge is 0.0175 e. The molecule has 2 rings (SSSR count). The van der Waals surface area contributed by atoms with E-state index in [-0.39, 0.29) is 0 Å². The minimum atomic E-state index is 0.741. The van der Waals surface area contributed by atoms with Crippen molar-refractivity contribution >= 4 is 15.9 Å². The number of hydrogen-bond acceptors (Lipinski definition) is 1. The van der Waals surface area contributed by atoms with Gasteiger partial charge in [0.1, 0.15) is 0 Å². The molecular weight excluding hydrogens is 322 g/mol. The first-order valence-corrected chi connectivity index (χ1v) is 9.38. The highest BCUT2D eigenvalue weighted by Crippen LogP contribution is 2.31. The third-order valence-electron chi connectivity index (χ3n) is 4.56. The topological polar surface area (TPSA) is 12.0 Å². The summed E-state index contributed by atoms with van der Waals surface area (Å²) in [6.07, 6.45) is 8.45. The summed E-state index contributed by atoms with van der Waals surface area (Å²) in [6.45, 7) is 6.88. The lowest BCUT2D eigenvalue weighted by Crippen LogP contribution is -2.28. The van der Waals surface area contributed by atoms with E-state index in [9.17, 15) is 0 Å². The van der Waals surface area contributed by atoms with Crippen LogP contribution in [0.1, 0.15) is 51.5 Å². The van der Waals surface area contributed by atoms with E-state index < -0.39 is 0 Å². The Morgan fingerprint density at radius 1 is 1.10 bits per heavy atom. The van der Waals surface area contributed by atoms with Crippen LogP contribution in [0.15, 0.2) is 28.7 Å². The van der Waals surface area contributed by atoms with Gasteiger partial charge < -0.3 is 5.32 Å². The molecule has 1 unspecified atom stereocenters. The van der Waals surface area contributed by atoms with Gasteiger partial charge in [-0.25, -0.2) is 0 Å². The van der Waals surface area contributed by atoms with Gasteiger partial charge in [-0.1, -0.05) is 67.6 Å². The summed E-state index contributed by atoms with van der Waals surface area (Å²) in [4.78, 5) is 0. The lowest BCUT2D eigenvalue weighted by Gasteiger charge is -2.22. The zero-order valence-electron chi connectivity index (χ0n) is 13.6. The molecule has 2 heteroatoms. The molecule has 0 heterocycles. The van der Waals surface area contributed by atoms with Crippen LogP contribution in [0.4, 0.5) is 0 Å². The summed E-state index contributed by atoms with van der Waals surface area (Å²) in [7, 11) is 0. The molecule has 1 fully saturated rings. The van der Waals surface area contributed by atoms with Crippen LogP contribution in [0, 0.1) is 17.8 Å². The molecule has 0 saturated heterocycles. The fraction of sp³-hybridized carbons (Fsp3) is 0.684. The van der Waals surface area contributed by atoms with E-state index in [0.717, 1.165) is 24.3 Å². The molecule has 0 radical (unpaired) electrons. The van der Waals surface area contributed by atoms with E-state index in [1.165, 1.54) is 55.1 Å². The molecule has 21 heavy (non-hydrogen) atoms. The maximum absolute atomic E-state index is 3.68. The lowest BCUT2D eigenvalue weighted by atomic mass is 9.88. The van der Waals surface area contributed by atoms with Crippen molar-refractivity contribution in [1.82, 2.24) is 5.32 Å². The highest BCUT2D eigenvalue weighted by Gasteiger charge is 2.20. The molecule has 1 atom stereocenters. The summed E-state index contributed by atoms with van der Waals surface area (Å²) >= 11 is 3.53. The molecule has 1 nitrogen and oxygen atoms in total. The van der Waals surface area contributed by atoms with Crippen LogP contribution in [-0.2, 0) is 6.42 Å². The molecule has 0 aliphatic heterocycles. The van der Waals surface area contributed by atoms with Crippen molar-refractivity contribution in [2.24, 2.45) is 17.8 Å². The van der Waals surface area contributed by atoms with Crippen molar-refractivity contribution in [1.29, 1.82) is 0 Å². The normalized spacial score (nSPS) is 17.5. The first-order valence-electron chi connectivity index (χ1n) is 8.58. The summed E-state index contributed by atoms with van der Waals surface area (Å²) in [5, 5.41) is 3.68. The first kappa shape index (κ1) is 17.0. The van der Waals surface area contributed by atoms with Crippen LogP contribution in [-0.4, -0.2) is 13.1 Å². The first-order chi connectivity index (χ1) is 10.1. The Morgan fingerprint density at radius 2 is 1.76 bits per heavy atom. The average Bonchev–Trinajstić information content (AvgIpc) is 2.94. The molecule has 0 spiro atoms. The summed E-state index contributed by atoms with van der Waals surface area (Å²) in [5.41, 5.74) is 1.48. The van der Waals surface area contributed by atoms with Crippen molar-refractivity contribution in [2.45, 2.75) is 52.4 Å². The second-order valence-electron chi connectivity index (χ2n) is 7.13. The van der Waals surface area contributed by atoms with Gasteiger partial charge in [-0.15, -0.1) is 0 Å². The number of nitrogens with one attached hydrogen (secondary N) is 1. The highest BCUT2D eigenvalue weighted by atomic mass is 79.9. The highest BCUT2D eigenvalue weighted by molar-refractivity contribution is 9.10. The quantitative estimate of drug-likeness (QED) is 0.657. The Kier molecular flexibility index (Phi) is 7.25. The molecule has 1 aromatic rings. The van der Waals surface area contributed by atoms with Gasteiger partial charge in [0.25, 0.3) is 0 Å². The molecule has 1 N–H and O–H groups in total. The maximum Gasteiger partial charge on any atom is 0.0175 e. The van der Waals surface area contributed by atoms with E-state index in [1.54, 1.807) is 0 Å². The largest absolute Gasteiger partial charge is 0.316 e. The molecule has 1 saturated carbocycles. The SMILES string of the molecule is CC(C)CNCC(Cc1ccc(Br)cc1)CC1CCCC1. The van der Waals surface area contributed by atoms with Crippen molar-refractivity contribution < 1.29 is 0 Å². The zero-order chi connectivity index (χ0) is 15.1. The van der Waals surface area contributed by atoms with Crippen LogP contribution in [0.3, 0.4) is 0 Å². The van der Waals surface area contributed by atoms with E-state index in [1.807, 2.05) is 0 Å². The van der Waals surface area contributed by atoms with E-state index >= 15 is 0 Å². The van der Waals surface area contributed by atoms with Crippen molar-refractivity contribution in [3.8, 4) is 0 Å². The van der Waals surface area contributed by atoms with Gasteiger partial charge in [-0.3, -0.25) is 0 Å². The second-order valence-corrected chi connectivity index (χ2v) is 8.05. The van der Waals surface area contributed by atoms with Gasteiger partial charge in [-0.05, 0) is 61.4 Å². The third kappa shape index (κ3) is 6.52. The second kappa shape index (κ2) is 8.95. The number of halogens is 1. The monoisotopic (exact) mass is 351 g/mol. The fourth-order valence-corrected chi connectivity index (χ4v) is 3.75. The number of benzene rings is 1. The summed E-state index contributed by atoms with van der Waals surface area (Å²) in [6, 6.07) is 8.88. The minimum absolute atomic E-state index is 0.741. The number of hydrogen-bond donors (Lipinski definition) is 1. The van der Waals surface area contributed by atoms with Gasteiger partial charge >= 0.3 is 0 Å². The summed E-state index contributed by atoms with van der Waals surface area (Å²) < 4.78 is 1.18. The van der Waals surface area contributed by atoms with Crippen LogP contribution >= 0.6 is 15.9 Å². The standard InChI is InChI=1S/C19H30BrN/c1-15(2)13-21-14-18(11-16-5-3-4-6-16)12-17-7-9-19(20)10-8-17/h7-10,15-16,18,21H,3-6,11-14H2,1-2H3. The van der Waals surface area contributed by atoms with Crippen molar-refractivity contribution in [3.63, 3.8) is 0 Å². The lowest BCUT2D eigenvalue weighted by molar-refractivity contribution is 0.351. The number of rotatable bonds is 8. The molecule has 0 amide bonds. The maximum atomic E-state index is 3.68. The third-order valence-corrected chi connectivity index (χ3v) is 5.09. The van der Waals surface area contributed by atoms with Crippen LogP contribution in [0.2, 0.25) is 0 Å².